The first-order valence-corrected chi connectivity index (χ1v) is 4.97. The molecule has 0 aliphatic heterocycles. The van der Waals surface area contributed by atoms with E-state index < -0.39 is 5.97 Å². The summed E-state index contributed by atoms with van der Waals surface area (Å²) in [4.78, 5) is 20.6. The Morgan fingerprint density at radius 2 is 2.44 bits per heavy atom. The van der Waals surface area contributed by atoms with Gasteiger partial charge in [-0.1, -0.05) is 5.92 Å². The summed E-state index contributed by atoms with van der Waals surface area (Å²) in [6, 6.07) is 0.323. The summed E-state index contributed by atoms with van der Waals surface area (Å²) in [5.74, 6) is 1.92. The van der Waals surface area contributed by atoms with Crippen molar-refractivity contribution in [1.82, 2.24) is 9.97 Å². The Balaban J connectivity index is 2.36. The molecule has 0 atom stereocenters. The molecule has 1 saturated carbocycles. The van der Waals surface area contributed by atoms with Gasteiger partial charge in [-0.25, -0.2) is 14.8 Å². The fourth-order valence-electron chi connectivity index (χ4n) is 1.56. The number of rotatable bonds is 4. The molecule has 82 valence electrons. The van der Waals surface area contributed by atoms with Crippen molar-refractivity contribution >= 4 is 11.8 Å². The maximum absolute atomic E-state index is 11.0. The summed E-state index contributed by atoms with van der Waals surface area (Å²) < 4.78 is 0. The molecule has 1 fully saturated rings. The molecule has 0 aromatic carbocycles. The average molecular weight is 217 g/mol. The minimum Gasteiger partial charge on any atom is -0.477 e. The lowest BCUT2D eigenvalue weighted by atomic mass is 10.3. The predicted molar refractivity (Wildman–Crippen MR) is 58.2 cm³/mol. The number of hydrogen-bond acceptors (Lipinski definition) is 4. The molecule has 1 aromatic heterocycles. The van der Waals surface area contributed by atoms with Gasteiger partial charge in [0.2, 0.25) is 0 Å². The second-order valence-electron chi connectivity index (χ2n) is 3.63. The van der Waals surface area contributed by atoms with Crippen LogP contribution < -0.4 is 4.90 Å². The predicted octanol–water partition coefficient (Wildman–Crippen LogP) is 0.777. The smallest absolute Gasteiger partial charge is 0.341 e. The maximum Gasteiger partial charge on any atom is 0.341 e. The fraction of sp³-hybridized carbons (Fsp3) is 0.364. The quantitative estimate of drug-likeness (QED) is 0.755. The topological polar surface area (TPSA) is 66.3 Å². The maximum atomic E-state index is 11.0. The van der Waals surface area contributed by atoms with E-state index in [1.807, 2.05) is 4.90 Å². The van der Waals surface area contributed by atoms with Gasteiger partial charge in [-0.15, -0.1) is 6.42 Å². The molecule has 1 aliphatic rings. The summed E-state index contributed by atoms with van der Waals surface area (Å²) >= 11 is 0. The van der Waals surface area contributed by atoms with Crippen LogP contribution in [0.25, 0.3) is 0 Å². The molecule has 1 N–H and O–H groups in total. The number of carboxylic acids is 1. The normalized spacial score (nSPS) is 14.2. The third-order valence-corrected chi connectivity index (χ3v) is 2.44. The first kappa shape index (κ1) is 10.4. The number of anilines is 1. The van der Waals surface area contributed by atoms with Gasteiger partial charge >= 0.3 is 5.97 Å². The van der Waals surface area contributed by atoms with Crippen LogP contribution in [0.2, 0.25) is 0 Å². The Morgan fingerprint density at radius 3 is 3.00 bits per heavy atom. The molecule has 0 unspecified atom stereocenters. The molecular weight excluding hydrogens is 206 g/mol. The van der Waals surface area contributed by atoms with Gasteiger partial charge in [0.1, 0.15) is 17.7 Å². The molecule has 5 heteroatoms. The molecule has 0 bridgehead atoms. The van der Waals surface area contributed by atoms with E-state index in [1.165, 1.54) is 12.5 Å². The van der Waals surface area contributed by atoms with E-state index >= 15 is 0 Å². The third kappa shape index (κ3) is 1.96. The highest BCUT2D eigenvalue weighted by Gasteiger charge is 2.31. The third-order valence-electron chi connectivity index (χ3n) is 2.44. The van der Waals surface area contributed by atoms with Gasteiger partial charge in [0.25, 0.3) is 0 Å². The van der Waals surface area contributed by atoms with Crippen LogP contribution >= 0.6 is 0 Å². The molecule has 2 rings (SSSR count). The Morgan fingerprint density at radius 1 is 1.69 bits per heavy atom. The highest BCUT2D eigenvalue weighted by Crippen LogP contribution is 2.31. The van der Waals surface area contributed by atoms with Crippen molar-refractivity contribution in [3.05, 3.63) is 18.1 Å². The first-order chi connectivity index (χ1) is 7.74. The standard InChI is InChI=1S/C11H11N3O2/c1-2-5-14(8-3-4-8)10-9(11(15)16)6-12-7-13-10/h1,6-8H,3-5H2,(H,15,16). The van der Waals surface area contributed by atoms with E-state index in [2.05, 4.69) is 15.9 Å². The van der Waals surface area contributed by atoms with Crippen molar-refractivity contribution in [2.24, 2.45) is 0 Å². The number of carboxylic acid groups (broad SMARTS) is 1. The van der Waals surface area contributed by atoms with Crippen LogP contribution in [0, 0.1) is 12.3 Å². The number of hydrogen-bond donors (Lipinski definition) is 1. The molecule has 5 nitrogen and oxygen atoms in total. The van der Waals surface area contributed by atoms with E-state index in [1.54, 1.807) is 0 Å². The molecule has 1 heterocycles. The van der Waals surface area contributed by atoms with Gasteiger partial charge in [-0.2, -0.15) is 0 Å². The molecule has 0 amide bonds. The number of nitrogens with zero attached hydrogens (tertiary/aromatic N) is 3. The zero-order valence-corrected chi connectivity index (χ0v) is 8.63. The molecule has 1 aliphatic carbocycles. The average Bonchev–Trinajstić information content (AvgIpc) is 3.10. The van der Waals surface area contributed by atoms with Crippen LogP contribution in [0.3, 0.4) is 0 Å². The zero-order chi connectivity index (χ0) is 11.5. The van der Waals surface area contributed by atoms with Crippen LogP contribution in [-0.2, 0) is 0 Å². The Kier molecular flexibility index (Phi) is 2.73. The van der Waals surface area contributed by atoms with Gasteiger partial charge in [0.05, 0.1) is 6.54 Å². The van der Waals surface area contributed by atoms with E-state index in [9.17, 15) is 4.79 Å². The van der Waals surface area contributed by atoms with Crippen molar-refractivity contribution in [2.45, 2.75) is 18.9 Å². The SMILES string of the molecule is C#CCN(c1ncncc1C(=O)O)C1CC1. The van der Waals surface area contributed by atoms with Crippen molar-refractivity contribution in [1.29, 1.82) is 0 Å². The largest absolute Gasteiger partial charge is 0.477 e. The Hall–Kier alpha value is -2.09. The lowest BCUT2D eigenvalue weighted by Crippen LogP contribution is -2.29. The second kappa shape index (κ2) is 4.19. The molecule has 0 spiro atoms. The van der Waals surface area contributed by atoms with Crippen LogP contribution in [0.4, 0.5) is 5.82 Å². The number of terminal acetylenes is 1. The van der Waals surface area contributed by atoms with E-state index in [0.29, 0.717) is 18.4 Å². The van der Waals surface area contributed by atoms with E-state index in [0.717, 1.165) is 12.8 Å². The highest BCUT2D eigenvalue weighted by molar-refractivity contribution is 5.93. The van der Waals surface area contributed by atoms with Crippen LogP contribution in [0.5, 0.6) is 0 Å². The number of carbonyl (C=O) groups is 1. The second-order valence-corrected chi connectivity index (χ2v) is 3.63. The van der Waals surface area contributed by atoms with Gasteiger partial charge in [0.15, 0.2) is 0 Å². The lowest BCUT2D eigenvalue weighted by molar-refractivity contribution is 0.0696. The van der Waals surface area contributed by atoms with Gasteiger partial charge in [0, 0.05) is 12.2 Å². The summed E-state index contributed by atoms with van der Waals surface area (Å²) in [5, 5.41) is 9.03. The van der Waals surface area contributed by atoms with Crippen molar-refractivity contribution in [2.75, 3.05) is 11.4 Å². The summed E-state index contributed by atoms with van der Waals surface area (Å²) in [6.07, 6.45) is 9.98. The van der Waals surface area contributed by atoms with E-state index in [-0.39, 0.29) is 5.56 Å². The summed E-state index contributed by atoms with van der Waals surface area (Å²) in [7, 11) is 0. The van der Waals surface area contributed by atoms with Crippen molar-refractivity contribution in [3.8, 4) is 12.3 Å². The molecule has 1 aromatic rings. The fourth-order valence-corrected chi connectivity index (χ4v) is 1.56. The highest BCUT2D eigenvalue weighted by atomic mass is 16.4. The molecule has 0 radical (unpaired) electrons. The van der Waals surface area contributed by atoms with Crippen LogP contribution in [-0.4, -0.2) is 33.6 Å². The zero-order valence-electron chi connectivity index (χ0n) is 8.63. The minimum absolute atomic E-state index is 0.102. The molecule has 16 heavy (non-hydrogen) atoms. The van der Waals surface area contributed by atoms with Crippen molar-refractivity contribution < 1.29 is 9.90 Å². The van der Waals surface area contributed by atoms with Crippen molar-refractivity contribution in [3.63, 3.8) is 0 Å². The van der Waals surface area contributed by atoms with Crippen LogP contribution in [0.1, 0.15) is 23.2 Å². The summed E-state index contributed by atoms with van der Waals surface area (Å²) in [6.45, 7) is 0.377. The lowest BCUT2D eigenvalue weighted by Gasteiger charge is -2.21. The van der Waals surface area contributed by atoms with Gasteiger partial charge in [-0.3, -0.25) is 0 Å². The Bertz CT molecular complexity index is 449. The molecule has 0 saturated heterocycles. The Labute approximate surface area is 93.1 Å². The number of aromatic carboxylic acids is 1. The summed E-state index contributed by atoms with van der Waals surface area (Å²) in [5.41, 5.74) is 0.102. The number of aromatic nitrogens is 2. The van der Waals surface area contributed by atoms with Gasteiger partial charge < -0.3 is 10.0 Å². The molecular formula is C11H11N3O2. The monoisotopic (exact) mass is 217 g/mol. The van der Waals surface area contributed by atoms with Gasteiger partial charge in [-0.05, 0) is 12.8 Å². The first-order valence-electron chi connectivity index (χ1n) is 4.97. The van der Waals surface area contributed by atoms with Crippen LogP contribution in [0.15, 0.2) is 12.5 Å². The van der Waals surface area contributed by atoms with E-state index in [4.69, 9.17) is 11.5 Å². The minimum atomic E-state index is -1.03.